The van der Waals surface area contributed by atoms with Crippen molar-refractivity contribution in [2.45, 2.75) is 17.9 Å². The first-order valence-electron chi connectivity index (χ1n) is 9.46. The fourth-order valence-electron chi connectivity index (χ4n) is 2.68. The molecule has 0 saturated heterocycles. The minimum absolute atomic E-state index is 0.00296. The molecule has 0 aliphatic carbocycles. The van der Waals surface area contributed by atoms with E-state index in [1.807, 2.05) is 0 Å². The summed E-state index contributed by atoms with van der Waals surface area (Å²) in [7, 11) is -2.49. The molecule has 2 aromatic carbocycles. The van der Waals surface area contributed by atoms with Crippen molar-refractivity contribution in [1.82, 2.24) is 4.98 Å². The molecular formula is C22H20ClN3O5S. The number of sulfonamides is 1. The molecule has 0 spiro atoms. The predicted molar refractivity (Wildman–Crippen MR) is 121 cm³/mol. The number of esters is 1. The van der Waals surface area contributed by atoms with Gasteiger partial charge in [-0.2, -0.15) is 0 Å². The largest absolute Gasteiger partial charge is 0.449 e. The first-order chi connectivity index (χ1) is 15.2. The number of anilines is 2. The van der Waals surface area contributed by atoms with Crippen LogP contribution in [0.25, 0.3) is 0 Å². The number of benzene rings is 2. The summed E-state index contributed by atoms with van der Waals surface area (Å²) in [6, 6.07) is 17.0. The number of ether oxygens (including phenoxy) is 1. The van der Waals surface area contributed by atoms with Gasteiger partial charge in [-0.1, -0.05) is 35.9 Å². The van der Waals surface area contributed by atoms with Gasteiger partial charge in [0, 0.05) is 13.2 Å². The fraction of sp³-hybridized carbons (Fsp3) is 0.136. The molecule has 166 valence electrons. The molecule has 8 nitrogen and oxygen atoms in total. The number of nitrogens with zero attached hydrogens (tertiary/aromatic N) is 2. The van der Waals surface area contributed by atoms with E-state index in [-0.39, 0.29) is 16.3 Å². The monoisotopic (exact) mass is 473 g/mol. The summed E-state index contributed by atoms with van der Waals surface area (Å²) < 4.78 is 32.2. The number of halogens is 1. The zero-order chi connectivity index (χ0) is 23.3. The smallest absolute Gasteiger partial charge is 0.338 e. The third kappa shape index (κ3) is 5.43. The summed E-state index contributed by atoms with van der Waals surface area (Å²) in [5, 5.41) is 2.92. The Balaban J connectivity index is 1.72. The van der Waals surface area contributed by atoms with Gasteiger partial charge < -0.3 is 10.1 Å². The van der Waals surface area contributed by atoms with Gasteiger partial charge in [-0.3, -0.25) is 9.10 Å². The average Bonchev–Trinajstić information content (AvgIpc) is 2.80. The van der Waals surface area contributed by atoms with Crippen molar-refractivity contribution in [1.29, 1.82) is 0 Å². The van der Waals surface area contributed by atoms with Crippen molar-refractivity contribution < 1.29 is 22.7 Å². The molecule has 0 fully saturated rings. The van der Waals surface area contributed by atoms with Crippen molar-refractivity contribution in [2.75, 3.05) is 16.7 Å². The maximum atomic E-state index is 13.0. The van der Waals surface area contributed by atoms with Crippen LogP contribution >= 0.6 is 11.6 Å². The van der Waals surface area contributed by atoms with Crippen LogP contribution in [-0.2, 0) is 19.6 Å². The van der Waals surface area contributed by atoms with Crippen LogP contribution in [0, 0.1) is 0 Å². The molecule has 1 aromatic heterocycles. The van der Waals surface area contributed by atoms with Crippen LogP contribution in [0.1, 0.15) is 17.3 Å². The number of rotatable bonds is 7. The summed E-state index contributed by atoms with van der Waals surface area (Å²) in [6.45, 7) is 1.40. The molecule has 1 amide bonds. The topological polar surface area (TPSA) is 106 Å². The van der Waals surface area contributed by atoms with Gasteiger partial charge >= 0.3 is 5.97 Å². The molecule has 1 heterocycles. The average molecular weight is 474 g/mol. The Morgan fingerprint density at radius 2 is 1.78 bits per heavy atom. The normalized spacial score (nSPS) is 12.0. The van der Waals surface area contributed by atoms with E-state index in [2.05, 4.69) is 10.3 Å². The number of para-hydroxylation sites is 1. The summed E-state index contributed by atoms with van der Waals surface area (Å²) >= 11 is 5.76. The number of hydrogen-bond donors (Lipinski definition) is 1. The summed E-state index contributed by atoms with van der Waals surface area (Å²) in [5.41, 5.74) is 0.471. The quantitative estimate of drug-likeness (QED) is 0.524. The Morgan fingerprint density at radius 3 is 2.44 bits per heavy atom. The number of aromatic nitrogens is 1. The molecule has 0 aliphatic rings. The second-order valence-electron chi connectivity index (χ2n) is 6.73. The Bertz CT molecular complexity index is 1220. The van der Waals surface area contributed by atoms with Gasteiger partial charge in [-0.25, -0.2) is 18.2 Å². The van der Waals surface area contributed by atoms with Crippen LogP contribution in [0.2, 0.25) is 5.02 Å². The van der Waals surface area contributed by atoms with E-state index in [1.54, 1.807) is 36.4 Å². The van der Waals surface area contributed by atoms with Crippen molar-refractivity contribution in [3.05, 3.63) is 83.5 Å². The van der Waals surface area contributed by atoms with Gasteiger partial charge in [0.15, 0.2) is 6.10 Å². The molecule has 0 bridgehead atoms. The van der Waals surface area contributed by atoms with Gasteiger partial charge in [-0.05, 0) is 49.4 Å². The first kappa shape index (κ1) is 23.2. The number of amides is 1. The lowest BCUT2D eigenvalue weighted by atomic mass is 10.2. The molecule has 1 atom stereocenters. The van der Waals surface area contributed by atoms with E-state index in [1.165, 1.54) is 50.5 Å². The Hall–Kier alpha value is -3.43. The number of carbonyl (C=O) groups is 2. The number of hydrogen-bond acceptors (Lipinski definition) is 6. The minimum atomic E-state index is -3.91. The van der Waals surface area contributed by atoms with E-state index >= 15 is 0 Å². The number of nitrogens with one attached hydrogen (secondary N) is 1. The van der Waals surface area contributed by atoms with Crippen LogP contribution in [0.4, 0.5) is 11.5 Å². The van der Waals surface area contributed by atoms with Crippen LogP contribution < -0.4 is 9.62 Å². The van der Waals surface area contributed by atoms with Crippen molar-refractivity contribution in [3.63, 3.8) is 0 Å². The van der Waals surface area contributed by atoms with Gasteiger partial charge in [0.05, 0.1) is 21.2 Å². The van der Waals surface area contributed by atoms with Crippen molar-refractivity contribution >= 4 is 45.0 Å². The number of pyridine rings is 1. The summed E-state index contributed by atoms with van der Waals surface area (Å²) in [4.78, 5) is 28.7. The SMILES string of the molecule is CC(OC(=O)c1cccc(S(=O)(=O)N(C)c2ccccc2)c1)C(=O)Nc1ccc(Cl)cn1. The minimum Gasteiger partial charge on any atom is -0.449 e. The third-order valence-electron chi connectivity index (χ3n) is 4.48. The molecule has 0 radical (unpaired) electrons. The van der Waals surface area contributed by atoms with E-state index in [4.69, 9.17) is 16.3 Å². The van der Waals surface area contributed by atoms with Crippen molar-refractivity contribution in [3.8, 4) is 0 Å². The second kappa shape index (κ2) is 9.80. The third-order valence-corrected chi connectivity index (χ3v) is 6.48. The second-order valence-corrected chi connectivity index (χ2v) is 9.14. The highest BCUT2D eigenvalue weighted by atomic mass is 35.5. The maximum Gasteiger partial charge on any atom is 0.338 e. The number of carbonyl (C=O) groups excluding carboxylic acids is 2. The van der Waals surface area contributed by atoms with Crippen LogP contribution in [0.15, 0.2) is 77.8 Å². The molecule has 1 unspecified atom stereocenters. The van der Waals surface area contributed by atoms with Gasteiger partial charge in [-0.15, -0.1) is 0 Å². The molecule has 3 rings (SSSR count). The maximum absolute atomic E-state index is 13.0. The molecule has 0 saturated carbocycles. The van der Waals surface area contributed by atoms with Crippen molar-refractivity contribution in [2.24, 2.45) is 0 Å². The fourth-order valence-corrected chi connectivity index (χ4v) is 4.03. The Labute approximate surface area is 190 Å². The summed E-state index contributed by atoms with van der Waals surface area (Å²) in [5.74, 6) is -1.18. The lowest BCUT2D eigenvalue weighted by Crippen LogP contribution is -2.30. The summed E-state index contributed by atoms with van der Waals surface area (Å²) in [6.07, 6.45) is 0.221. The zero-order valence-electron chi connectivity index (χ0n) is 17.2. The standard InChI is InChI=1S/C22H20ClN3O5S/c1-15(21(27)25-20-12-11-17(23)14-24-20)31-22(28)16-7-6-10-19(13-16)32(29,30)26(2)18-8-4-3-5-9-18/h3-15H,1-2H3,(H,24,25,27). The molecule has 3 aromatic rings. The zero-order valence-corrected chi connectivity index (χ0v) is 18.8. The van der Waals surface area contributed by atoms with Gasteiger partial charge in [0.1, 0.15) is 5.82 Å². The highest BCUT2D eigenvalue weighted by Gasteiger charge is 2.24. The lowest BCUT2D eigenvalue weighted by Gasteiger charge is -2.20. The molecule has 10 heteroatoms. The molecular weight excluding hydrogens is 454 g/mol. The van der Waals surface area contributed by atoms with Gasteiger partial charge in [0.25, 0.3) is 15.9 Å². The highest BCUT2D eigenvalue weighted by molar-refractivity contribution is 7.92. The van der Waals surface area contributed by atoms with E-state index < -0.39 is 28.0 Å². The molecule has 1 N–H and O–H groups in total. The van der Waals surface area contributed by atoms with E-state index in [0.29, 0.717) is 10.7 Å². The Morgan fingerprint density at radius 1 is 1.06 bits per heavy atom. The van der Waals surface area contributed by atoms with Crippen LogP contribution in [0.3, 0.4) is 0 Å². The van der Waals surface area contributed by atoms with Crippen LogP contribution in [-0.4, -0.2) is 38.4 Å². The lowest BCUT2D eigenvalue weighted by molar-refractivity contribution is -0.123. The molecule has 32 heavy (non-hydrogen) atoms. The van der Waals surface area contributed by atoms with Crippen LogP contribution in [0.5, 0.6) is 0 Å². The van der Waals surface area contributed by atoms with Gasteiger partial charge in [0.2, 0.25) is 0 Å². The highest BCUT2D eigenvalue weighted by Crippen LogP contribution is 2.22. The molecule has 0 aliphatic heterocycles. The predicted octanol–water partition coefficient (Wildman–Crippen LogP) is 3.74. The first-order valence-corrected chi connectivity index (χ1v) is 11.3. The Kier molecular flexibility index (Phi) is 7.12. The van der Waals surface area contributed by atoms with E-state index in [0.717, 1.165) is 4.31 Å². The van der Waals surface area contributed by atoms with E-state index in [9.17, 15) is 18.0 Å².